The zero-order valence-electron chi connectivity index (χ0n) is 9.90. The molecule has 1 saturated heterocycles. The summed E-state index contributed by atoms with van der Waals surface area (Å²) in [5, 5.41) is 6.46. The number of likely N-dealkylation sites (N-methyl/N-ethyl adjacent to an activating group) is 1. The summed E-state index contributed by atoms with van der Waals surface area (Å²) in [4.78, 5) is 6.91. The van der Waals surface area contributed by atoms with E-state index >= 15 is 0 Å². The molecule has 1 aliphatic rings. The van der Waals surface area contributed by atoms with Gasteiger partial charge in [-0.1, -0.05) is 0 Å². The summed E-state index contributed by atoms with van der Waals surface area (Å²) < 4.78 is 5.67. The highest BCUT2D eigenvalue weighted by Gasteiger charge is 2.20. The van der Waals surface area contributed by atoms with Crippen molar-refractivity contribution < 1.29 is 4.74 Å². The quantitative estimate of drug-likeness (QED) is 0.849. The second kappa shape index (κ2) is 5.72. The smallest absolute Gasteiger partial charge is 0.0897 e. The van der Waals surface area contributed by atoms with E-state index in [2.05, 4.69) is 27.5 Å². The van der Waals surface area contributed by atoms with E-state index in [0.717, 1.165) is 37.8 Å². The van der Waals surface area contributed by atoms with E-state index in [1.54, 1.807) is 11.3 Å². The molecule has 0 bridgehead atoms. The van der Waals surface area contributed by atoms with Crippen LogP contribution in [0, 0.1) is 6.92 Å². The zero-order valence-corrected chi connectivity index (χ0v) is 10.7. The van der Waals surface area contributed by atoms with Crippen LogP contribution < -0.4 is 5.32 Å². The third-order valence-corrected chi connectivity index (χ3v) is 3.53. The van der Waals surface area contributed by atoms with Gasteiger partial charge in [-0.25, -0.2) is 4.98 Å². The summed E-state index contributed by atoms with van der Waals surface area (Å²) in [7, 11) is 1.96. The van der Waals surface area contributed by atoms with Crippen LogP contribution in [0.15, 0.2) is 5.38 Å². The van der Waals surface area contributed by atoms with E-state index in [9.17, 15) is 0 Å². The standard InChI is InChI=1S/C11H19N3OS/c1-9-13-10(8-16-9)6-14-3-4-15-11(7-14)5-12-2/h8,11-12H,3-7H2,1-2H3. The molecule has 1 aromatic heterocycles. The fourth-order valence-corrected chi connectivity index (χ4v) is 2.59. The van der Waals surface area contributed by atoms with Crippen molar-refractivity contribution in [1.82, 2.24) is 15.2 Å². The molecule has 0 aromatic carbocycles. The van der Waals surface area contributed by atoms with Crippen LogP contribution >= 0.6 is 11.3 Å². The third kappa shape index (κ3) is 3.25. The number of thiazole rings is 1. The number of hydrogen-bond donors (Lipinski definition) is 1. The van der Waals surface area contributed by atoms with Crippen molar-refractivity contribution in [3.8, 4) is 0 Å². The molecule has 0 spiro atoms. The Hall–Kier alpha value is -0.490. The summed E-state index contributed by atoms with van der Waals surface area (Å²) in [5.41, 5.74) is 1.19. The molecule has 5 heteroatoms. The van der Waals surface area contributed by atoms with Gasteiger partial charge in [0.1, 0.15) is 0 Å². The van der Waals surface area contributed by atoms with Gasteiger partial charge in [0.05, 0.1) is 23.4 Å². The van der Waals surface area contributed by atoms with E-state index in [1.807, 2.05) is 7.05 Å². The predicted molar refractivity (Wildman–Crippen MR) is 65.8 cm³/mol. The minimum absolute atomic E-state index is 0.318. The normalized spacial score (nSPS) is 22.5. The Labute approximate surface area is 101 Å². The first-order valence-corrected chi connectivity index (χ1v) is 6.55. The number of rotatable bonds is 4. The van der Waals surface area contributed by atoms with Gasteiger partial charge < -0.3 is 10.1 Å². The van der Waals surface area contributed by atoms with E-state index in [4.69, 9.17) is 4.74 Å². The summed E-state index contributed by atoms with van der Waals surface area (Å²) >= 11 is 1.72. The molecular formula is C11H19N3OS. The van der Waals surface area contributed by atoms with Gasteiger partial charge in [-0.05, 0) is 14.0 Å². The van der Waals surface area contributed by atoms with Gasteiger partial charge >= 0.3 is 0 Å². The van der Waals surface area contributed by atoms with Crippen LogP contribution in [-0.2, 0) is 11.3 Å². The van der Waals surface area contributed by atoms with Crippen molar-refractivity contribution in [2.24, 2.45) is 0 Å². The maximum atomic E-state index is 5.67. The first kappa shape index (κ1) is 12.0. The number of morpholine rings is 1. The SMILES string of the molecule is CNCC1CN(Cc2csc(C)n2)CCO1. The molecule has 90 valence electrons. The highest BCUT2D eigenvalue weighted by molar-refractivity contribution is 7.09. The Morgan fingerprint density at radius 3 is 3.25 bits per heavy atom. The predicted octanol–water partition coefficient (Wildman–Crippen LogP) is 0.872. The lowest BCUT2D eigenvalue weighted by Crippen LogP contribution is -2.45. The first-order chi connectivity index (χ1) is 7.78. The van der Waals surface area contributed by atoms with E-state index in [-0.39, 0.29) is 0 Å². The molecule has 1 atom stereocenters. The topological polar surface area (TPSA) is 37.4 Å². The number of ether oxygens (including phenoxy) is 1. The summed E-state index contributed by atoms with van der Waals surface area (Å²) in [6.07, 6.45) is 0.318. The lowest BCUT2D eigenvalue weighted by Gasteiger charge is -2.32. The Morgan fingerprint density at radius 1 is 1.69 bits per heavy atom. The Bertz CT molecular complexity index is 327. The second-order valence-corrected chi connectivity index (χ2v) is 5.21. The van der Waals surface area contributed by atoms with Crippen LogP contribution in [0.2, 0.25) is 0 Å². The molecule has 1 N–H and O–H groups in total. The molecule has 0 saturated carbocycles. The van der Waals surface area contributed by atoms with Crippen LogP contribution in [-0.4, -0.2) is 49.3 Å². The molecule has 2 heterocycles. The van der Waals surface area contributed by atoms with Gasteiger partial charge in [-0.2, -0.15) is 0 Å². The average Bonchev–Trinajstić information content (AvgIpc) is 2.65. The van der Waals surface area contributed by atoms with Gasteiger partial charge in [0.2, 0.25) is 0 Å². The van der Waals surface area contributed by atoms with Crippen molar-refractivity contribution in [1.29, 1.82) is 0 Å². The van der Waals surface area contributed by atoms with Gasteiger partial charge in [0, 0.05) is 31.6 Å². The lowest BCUT2D eigenvalue weighted by molar-refractivity contribution is -0.0294. The molecule has 16 heavy (non-hydrogen) atoms. The van der Waals surface area contributed by atoms with Gasteiger partial charge in [-0.3, -0.25) is 4.90 Å². The van der Waals surface area contributed by atoms with Crippen LogP contribution in [0.1, 0.15) is 10.7 Å². The fraction of sp³-hybridized carbons (Fsp3) is 0.727. The van der Waals surface area contributed by atoms with E-state index < -0.39 is 0 Å². The maximum absolute atomic E-state index is 5.67. The van der Waals surface area contributed by atoms with Crippen molar-refractivity contribution in [3.05, 3.63) is 16.1 Å². The summed E-state index contributed by atoms with van der Waals surface area (Å²) in [5.74, 6) is 0. The summed E-state index contributed by atoms with van der Waals surface area (Å²) in [6.45, 7) is 6.77. The van der Waals surface area contributed by atoms with Crippen molar-refractivity contribution >= 4 is 11.3 Å². The highest BCUT2D eigenvalue weighted by Crippen LogP contribution is 2.13. The van der Waals surface area contributed by atoms with Gasteiger partial charge in [0.25, 0.3) is 0 Å². The minimum Gasteiger partial charge on any atom is -0.374 e. The number of nitrogens with zero attached hydrogens (tertiary/aromatic N) is 2. The zero-order chi connectivity index (χ0) is 11.4. The lowest BCUT2D eigenvalue weighted by atomic mass is 10.2. The van der Waals surface area contributed by atoms with Gasteiger partial charge in [0.15, 0.2) is 0 Å². The van der Waals surface area contributed by atoms with Crippen LogP contribution in [0.5, 0.6) is 0 Å². The molecule has 0 amide bonds. The van der Waals surface area contributed by atoms with Crippen LogP contribution in [0.4, 0.5) is 0 Å². The molecule has 1 aromatic rings. The Morgan fingerprint density at radius 2 is 2.56 bits per heavy atom. The third-order valence-electron chi connectivity index (χ3n) is 2.71. The van der Waals surface area contributed by atoms with Crippen LogP contribution in [0.3, 0.4) is 0 Å². The number of nitrogens with one attached hydrogen (secondary N) is 1. The minimum atomic E-state index is 0.318. The second-order valence-electron chi connectivity index (χ2n) is 4.14. The fourth-order valence-electron chi connectivity index (χ4n) is 1.99. The number of aromatic nitrogens is 1. The molecule has 1 unspecified atom stereocenters. The van der Waals surface area contributed by atoms with Crippen molar-refractivity contribution in [3.63, 3.8) is 0 Å². The summed E-state index contributed by atoms with van der Waals surface area (Å²) in [6, 6.07) is 0. The number of aryl methyl sites for hydroxylation is 1. The molecule has 4 nitrogen and oxygen atoms in total. The molecule has 1 fully saturated rings. The molecular weight excluding hydrogens is 222 g/mol. The molecule has 0 aliphatic carbocycles. The monoisotopic (exact) mass is 241 g/mol. The Kier molecular flexibility index (Phi) is 4.29. The van der Waals surface area contributed by atoms with Crippen molar-refractivity contribution in [2.45, 2.75) is 19.6 Å². The molecule has 2 rings (SSSR count). The molecule has 1 aliphatic heterocycles. The Balaban J connectivity index is 1.85. The number of hydrogen-bond acceptors (Lipinski definition) is 5. The van der Waals surface area contributed by atoms with Crippen molar-refractivity contribution in [2.75, 3.05) is 33.3 Å². The van der Waals surface area contributed by atoms with Gasteiger partial charge in [-0.15, -0.1) is 11.3 Å². The van der Waals surface area contributed by atoms with Crippen LogP contribution in [0.25, 0.3) is 0 Å². The molecule has 0 radical (unpaired) electrons. The first-order valence-electron chi connectivity index (χ1n) is 5.67. The largest absolute Gasteiger partial charge is 0.374 e. The maximum Gasteiger partial charge on any atom is 0.0897 e. The van der Waals surface area contributed by atoms with E-state index in [1.165, 1.54) is 5.69 Å². The van der Waals surface area contributed by atoms with E-state index in [0.29, 0.717) is 6.10 Å². The average molecular weight is 241 g/mol. The highest BCUT2D eigenvalue weighted by atomic mass is 32.1.